The van der Waals surface area contributed by atoms with Gasteiger partial charge in [0.25, 0.3) is 0 Å². The van der Waals surface area contributed by atoms with E-state index in [2.05, 4.69) is 48.1 Å². The average Bonchev–Trinajstić information content (AvgIpc) is 2.33. The Bertz CT molecular complexity index is 354. The molecule has 1 aromatic carbocycles. The van der Waals surface area contributed by atoms with Crippen LogP contribution >= 0.6 is 15.9 Å². The summed E-state index contributed by atoms with van der Waals surface area (Å²) in [4.78, 5) is 0. The summed E-state index contributed by atoms with van der Waals surface area (Å²) in [5.41, 5.74) is 1.18. The minimum Gasteiger partial charge on any atom is -0.489 e. The van der Waals surface area contributed by atoms with Crippen LogP contribution in [0.4, 0.5) is 0 Å². The van der Waals surface area contributed by atoms with Gasteiger partial charge in [0.05, 0.1) is 0 Å². The van der Waals surface area contributed by atoms with Crippen molar-refractivity contribution in [1.82, 2.24) is 5.32 Å². The topological polar surface area (TPSA) is 21.3 Å². The summed E-state index contributed by atoms with van der Waals surface area (Å²) in [7, 11) is 0. The third-order valence-corrected chi connectivity index (χ3v) is 3.33. The molecule has 0 aromatic heterocycles. The molecule has 0 amide bonds. The van der Waals surface area contributed by atoms with Gasteiger partial charge in [0, 0.05) is 11.0 Å². The molecule has 0 radical (unpaired) electrons. The predicted molar refractivity (Wildman–Crippen MR) is 81.4 cm³/mol. The summed E-state index contributed by atoms with van der Waals surface area (Å²) in [6, 6.07) is 6.17. The molecule has 0 fully saturated rings. The van der Waals surface area contributed by atoms with Crippen LogP contribution in [0.25, 0.3) is 0 Å². The minimum absolute atomic E-state index is 0.265. The van der Waals surface area contributed by atoms with E-state index < -0.39 is 0 Å². The summed E-state index contributed by atoms with van der Waals surface area (Å²) in [6.45, 7) is 8.45. The van der Waals surface area contributed by atoms with Gasteiger partial charge < -0.3 is 10.1 Å². The third-order valence-electron chi connectivity index (χ3n) is 2.84. The van der Waals surface area contributed by atoms with Crippen LogP contribution in [0.3, 0.4) is 0 Å². The number of aryl methyl sites for hydroxylation is 1. The van der Waals surface area contributed by atoms with E-state index >= 15 is 0 Å². The van der Waals surface area contributed by atoms with Gasteiger partial charge in [-0.25, -0.2) is 0 Å². The van der Waals surface area contributed by atoms with Crippen LogP contribution in [0.1, 0.15) is 38.7 Å². The van der Waals surface area contributed by atoms with Gasteiger partial charge >= 0.3 is 0 Å². The highest BCUT2D eigenvalue weighted by Gasteiger charge is 2.10. The molecular weight excluding hydrogens is 290 g/mol. The second-order valence-corrected chi connectivity index (χ2v) is 5.56. The SMILES string of the molecule is CCCNCC(CCC)Oc1ccc(Br)cc1C. The monoisotopic (exact) mass is 313 g/mol. The van der Waals surface area contributed by atoms with Crippen molar-refractivity contribution in [3.63, 3.8) is 0 Å². The van der Waals surface area contributed by atoms with Gasteiger partial charge in [-0.05, 0) is 50.1 Å². The number of benzene rings is 1. The summed E-state index contributed by atoms with van der Waals surface area (Å²) >= 11 is 3.48. The second-order valence-electron chi connectivity index (χ2n) is 4.64. The molecule has 1 rings (SSSR count). The highest BCUT2D eigenvalue weighted by Crippen LogP contribution is 2.23. The number of nitrogens with one attached hydrogen (secondary N) is 1. The van der Waals surface area contributed by atoms with Crippen molar-refractivity contribution >= 4 is 15.9 Å². The first-order valence-electron chi connectivity index (χ1n) is 6.80. The Hall–Kier alpha value is -0.540. The van der Waals surface area contributed by atoms with Gasteiger partial charge in [-0.3, -0.25) is 0 Å². The number of halogens is 1. The van der Waals surface area contributed by atoms with E-state index in [-0.39, 0.29) is 6.10 Å². The lowest BCUT2D eigenvalue weighted by Crippen LogP contribution is -2.32. The van der Waals surface area contributed by atoms with Gasteiger partial charge in [-0.2, -0.15) is 0 Å². The zero-order valence-corrected chi connectivity index (χ0v) is 13.2. The Labute approximate surface area is 119 Å². The minimum atomic E-state index is 0.265. The van der Waals surface area contributed by atoms with Crippen molar-refractivity contribution in [2.45, 2.75) is 46.1 Å². The van der Waals surface area contributed by atoms with E-state index in [1.165, 1.54) is 5.56 Å². The zero-order chi connectivity index (χ0) is 13.4. The molecular formula is C15H24BrNO. The van der Waals surface area contributed by atoms with Gasteiger partial charge in [-0.15, -0.1) is 0 Å². The largest absolute Gasteiger partial charge is 0.489 e. The van der Waals surface area contributed by atoms with Crippen LogP contribution in [0.2, 0.25) is 0 Å². The average molecular weight is 314 g/mol. The highest BCUT2D eigenvalue weighted by atomic mass is 79.9. The summed E-state index contributed by atoms with van der Waals surface area (Å²) < 4.78 is 7.20. The number of ether oxygens (including phenoxy) is 1. The second kappa shape index (κ2) is 8.54. The zero-order valence-electron chi connectivity index (χ0n) is 11.6. The normalized spacial score (nSPS) is 12.4. The maximum absolute atomic E-state index is 6.10. The maximum atomic E-state index is 6.10. The van der Waals surface area contributed by atoms with E-state index in [0.717, 1.165) is 42.6 Å². The van der Waals surface area contributed by atoms with Crippen LogP contribution in [0, 0.1) is 6.92 Å². The molecule has 0 aliphatic rings. The third kappa shape index (κ3) is 5.40. The summed E-state index contributed by atoms with van der Waals surface area (Å²) in [5, 5.41) is 3.44. The quantitative estimate of drug-likeness (QED) is 0.722. The molecule has 3 heteroatoms. The van der Waals surface area contributed by atoms with E-state index in [9.17, 15) is 0 Å². The van der Waals surface area contributed by atoms with Gasteiger partial charge in [0.15, 0.2) is 0 Å². The van der Waals surface area contributed by atoms with Gasteiger partial charge in [0.2, 0.25) is 0 Å². The van der Waals surface area contributed by atoms with E-state index in [1.54, 1.807) is 0 Å². The first-order valence-corrected chi connectivity index (χ1v) is 7.60. The van der Waals surface area contributed by atoms with Crippen molar-refractivity contribution in [2.24, 2.45) is 0 Å². The van der Waals surface area contributed by atoms with Gasteiger partial charge in [-0.1, -0.05) is 36.2 Å². The number of hydrogen-bond donors (Lipinski definition) is 1. The Balaban J connectivity index is 2.58. The molecule has 0 saturated heterocycles. The van der Waals surface area contributed by atoms with Crippen LogP contribution in [0.5, 0.6) is 5.75 Å². The molecule has 0 aliphatic carbocycles. The molecule has 1 aromatic rings. The molecule has 0 aliphatic heterocycles. The molecule has 0 heterocycles. The summed E-state index contributed by atoms with van der Waals surface area (Å²) in [5.74, 6) is 0.995. The Morgan fingerprint density at radius 1 is 1.28 bits per heavy atom. The number of hydrogen-bond acceptors (Lipinski definition) is 2. The van der Waals surface area contributed by atoms with Gasteiger partial charge in [0.1, 0.15) is 11.9 Å². The fourth-order valence-electron chi connectivity index (χ4n) is 1.89. The lowest BCUT2D eigenvalue weighted by Gasteiger charge is -2.20. The molecule has 18 heavy (non-hydrogen) atoms. The fourth-order valence-corrected chi connectivity index (χ4v) is 2.36. The fraction of sp³-hybridized carbons (Fsp3) is 0.600. The predicted octanol–water partition coefficient (Wildman–Crippen LogP) is 4.30. The lowest BCUT2D eigenvalue weighted by atomic mass is 10.2. The molecule has 0 bridgehead atoms. The molecule has 0 spiro atoms. The molecule has 1 N–H and O–H groups in total. The van der Waals surface area contributed by atoms with Crippen molar-refractivity contribution in [3.05, 3.63) is 28.2 Å². The van der Waals surface area contributed by atoms with Crippen LogP contribution in [0.15, 0.2) is 22.7 Å². The number of rotatable bonds is 8. The van der Waals surface area contributed by atoms with E-state index in [4.69, 9.17) is 4.74 Å². The van der Waals surface area contributed by atoms with Crippen LogP contribution in [-0.2, 0) is 0 Å². The van der Waals surface area contributed by atoms with Crippen LogP contribution in [-0.4, -0.2) is 19.2 Å². The smallest absolute Gasteiger partial charge is 0.122 e. The highest BCUT2D eigenvalue weighted by molar-refractivity contribution is 9.10. The molecule has 2 nitrogen and oxygen atoms in total. The molecule has 1 atom stereocenters. The van der Waals surface area contributed by atoms with Crippen molar-refractivity contribution < 1.29 is 4.74 Å². The van der Waals surface area contributed by atoms with E-state index in [1.807, 2.05) is 12.1 Å². The van der Waals surface area contributed by atoms with Crippen molar-refractivity contribution in [3.8, 4) is 5.75 Å². The lowest BCUT2D eigenvalue weighted by molar-refractivity contribution is 0.185. The molecule has 1 unspecified atom stereocenters. The standard InChI is InChI=1S/C15H24BrNO/c1-4-6-14(11-17-9-5-2)18-15-8-7-13(16)10-12(15)3/h7-8,10,14,17H,4-6,9,11H2,1-3H3. The van der Waals surface area contributed by atoms with Crippen molar-refractivity contribution in [2.75, 3.05) is 13.1 Å². The van der Waals surface area contributed by atoms with Crippen molar-refractivity contribution in [1.29, 1.82) is 0 Å². The first kappa shape index (κ1) is 15.5. The van der Waals surface area contributed by atoms with E-state index in [0.29, 0.717) is 0 Å². The summed E-state index contributed by atoms with van der Waals surface area (Å²) in [6.07, 6.45) is 3.66. The molecule has 0 saturated carbocycles. The Morgan fingerprint density at radius 3 is 2.67 bits per heavy atom. The molecule has 102 valence electrons. The first-order chi connectivity index (χ1) is 8.67. The maximum Gasteiger partial charge on any atom is 0.122 e. The van der Waals surface area contributed by atoms with Crippen LogP contribution < -0.4 is 10.1 Å². The Kier molecular flexibility index (Phi) is 7.36. The Morgan fingerprint density at radius 2 is 2.06 bits per heavy atom.